The Kier molecular flexibility index (Phi) is 6.72. The number of fused-ring (bicyclic) bond motifs is 2. The van der Waals surface area contributed by atoms with E-state index in [0.29, 0.717) is 41.9 Å². The van der Waals surface area contributed by atoms with Gasteiger partial charge in [-0.25, -0.2) is 4.79 Å². The van der Waals surface area contributed by atoms with E-state index < -0.39 is 11.2 Å². The molecule has 10 heteroatoms. The number of nitrogens with zero attached hydrogens (tertiary/aromatic N) is 6. The Labute approximate surface area is 226 Å². The largest absolute Gasteiger partial charge is 0.356 e. The summed E-state index contributed by atoms with van der Waals surface area (Å²) in [5, 5.41) is 5.32. The van der Waals surface area contributed by atoms with E-state index in [1.807, 2.05) is 46.8 Å². The highest BCUT2D eigenvalue weighted by Crippen LogP contribution is 2.32. The third-order valence-electron chi connectivity index (χ3n) is 8.20. The fourth-order valence-electron chi connectivity index (χ4n) is 6.20. The minimum Gasteiger partial charge on any atom is -0.356 e. The number of aromatic nitrogens is 4. The number of nitrogens with one attached hydrogen (secondary N) is 1. The van der Waals surface area contributed by atoms with Crippen LogP contribution in [0.1, 0.15) is 41.7 Å². The van der Waals surface area contributed by atoms with E-state index in [4.69, 9.17) is 0 Å². The summed E-state index contributed by atoms with van der Waals surface area (Å²) in [4.78, 5) is 50.6. The van der Waals surface area contributed by atoms with Crippen LogP contribution in [0.3, 0.4) is 0 Å². The van der Waals surface area contributed by atoms with Crippen molar-refractivity contribution < 1.29 is 4.79 Å². The Bertz CT molecular complexity index is 1660. The second-order valence-electron chi connectivity index (χ2n) is 10.6. The van der Waals surface area contributed by atoms with E-state index in [1.54, 1.807) is 13.2 Å². The molecule has 10 nitrogen and oxygen atoms in total. The van der Waals surface area contributed by atoms with Crippen LogP contribution in [-0.2, 0) is 20.6 Å². The highest BCUT2D eigenvalue weighted by Gasteiger charge is 2.33. The standard InChI is InChI=1S/C29H35N7O3/c1-32-25-24(23(27(37)35-15-6-3-7-16-35)26(32)34-17-8-12-30-14-18-34)33(2)29(39)36(28(25)38)19-22-21-10-5-4-9-20(21)11-13-31-22/h4-5,9-11,13,30H,3,6-8,12,14-19H2,1-2H3. The van der Waals surface area contributed by atoms with E-state index in [0.717, 1.165) is 61.9 Å². The Morgan fingerprint density at radius 2 is 1.69 bits per heavy atom. The maximum atomic E-state index is 14.1. The maximum absolute atomic E-state index is 14.1. The van der Waals surface area contributed by atoms with Crippen LogP contribution in [0.5, 0.6) is 0 Å². The Morgan fingerprint density at radius 1 is 0.897 bits per heavy atom. The molecule has 39 heavy (non-hydrogen) atoms. The lowest BCUT2D eigenvalue weighted by Crippen LogP contribution is -2.41. The van der Waals surface area contributed by atoms with Gasteiger partial charge in [0.15, 0.2) is 0 Å². The van der Waals surface area contributed by atoms with Gasteiger partial charge < -0.3 is 19.7 Å². The molecule has 0 aliphatic carbocycles. The van der Waals surface area contributed by atoms with Crippen LogP contribution in [-0.4, -0.2) is 68.8 Å². The molecule has 0 atom stereocenters. The Morgan fingerprint density at radius 3 is 2.51 bits per heavy atom. The number of hydrogen-bond acceptors (Lipinski definition) is 6. The zero-order valence-corrected chi connectivity index (χ0v) is 22.7. The fraction of sp³-hybridized carbons (Fsp3) is 0.448. The van der Waals surface area contributed by atoms with Gasteiger partial charge in [-0.3, -0.25) is 23.7 Å². The molecule has 0 unspecified atom stereocenters. The first kappa shape index (κ1) is 25.4. The second kappa shape index (κ2) is 10.3. The van der Waals surface area contributed by atoms with Gasteiger partial charge in [0.2, 0.25) is 0 Å². The number of aryl methyl sites for hydroxylation is 2. The molecule has 1 N–H and O–H groups in total. The molecule has 1 amide bonds. The molecule has 1 aromatic carbocycles. The summed E-state index contributed by atoms with van der Waals surface area (Å²) in [5.74, 6) is 0.618. The highest BCUT2D eigenvalue weighted by atomic mass is 16.2. The lowest BCUT2D eigenvalue weighted by atomic mass is 10.1. The lowest BCUT2D eigenvalue weighted by Gasteiger charge is -2.29. The van der Waals surface area contributed by atoms with E-state index in [9.17, 15) is 14.4 Å². The smallest absolute Gasteiger partial charge is 0.331 e. The lowest BCUT2D eigenvalue weighted by molar-refractivity contribution is 0.0726. The molecule has 4 aromatic rings. The predicted octanol–water partition coefficient (Wildman–Crippen LogP) is 2.06. The molecular formula is C29H35N7O3. The van der Waals surface area contributed by atoms with E-state index in [-0.39, 0.29) is 12.5 Å². The van der Waals surface area contributed by atoms with Crippen molar-refractivity contribution in [1.82, 2.24) is 28.9 Å². The monoisotopic (exact) mass is 529 g/mol. The van der Waals surface area contributed by atoms with E-state index in [1.165, 1.54) is 9.13 Å². The first-order valence-electron chi connectivity index (χ1n) is 13.9. The van der Waals surface area contributed by atoms with Crippen LogP contribution in [0.15, 0.2) is 46.1 Å². The van der Waals surface area contributed by atoms with Gasteiger partial charge in [0.1, 0.15) is 16.9 Å². The quantitative estimate of drug-likeness (QED) is 0.435. The average Bonchev–Trinajstić information content (AvgIpc) is 3.09. The van der Waals surface area contributed by atoms with Gasteiger partial charge in [0, 0.05) is 58.4 Å². The maximum Gasteiger partial charge on any atom is 0.331 e. The molecule has 0 bridgehead atoms. The van der Waals surface area contributed by atoms with Gasteiger partial charge in [0.25, 0.3) is 11.5 Å². The minimum absolute atomic E-state index is 0.0480. The van der Waals surface area contributed by atoms with Crippen LogP contribution in [0, 0.1) is 0 Å². The number of piperidine rings is 1. The topological polar surface area (TPSA) is 97.4 Å². The molecule has 5 heterocycles. The van der Waals surface area contributed by atoms with Crippen LogP contribution < -0.4 is 21.5 Å². The number of pyridine rings is 1. The summed E-state index contributed by atoms with van der Waals surface area (Å²) < 4.78 is 4.57. The molecule has 6 rings (SSSR count). The number of anilines is 1. The van der Waals surface area contributed by atoms with Gasteiger partial charge in [-0.05, 0) is 43.7 Å². The van der Waals surface area contributed by atoms with Gasteiger partial charge in [0.05, 0.1) is 17.8 Å². The van der Waals surface area contributed by atoms with Crippen molar-refractivity contribution in [2.45, 2.75) is 32.2 Å². The van der Waals surface area contributed by atoms with Crippen LogP contribution >= 0.6 is 0 Å². The van der Waals surface area contributed by atoms with Crippen molar-refractivity contribution >= 4 is 33.5 Å². The Hall–Kier alpha value is -3.92. The summed E-state index contributed by atoms with van der Waals surface area (Å²) in [6.45, 7) is 4.59. The summed E-state index contributed by atoms with van der Waals surface area (Å²) in [6, 6.07) is 9.74. The summed E-state index contributed by atoms with van der Waals surface area (Å²) in [5.41, 5.74) is 1.04. The third-order valence-corrected chi connectivity index (χ3v) is 8.20. The van der Waals surface area contributed by atoms with E-state index >= 15 is 0 Å². The van der Waals surface area contributed by atoms with Crippen molar-refractivity contribution in [2.75, 3.05) is 44.2 Å². The molecule has 0 radical (unpaired) electrons. The molecule has 2 aliphatic heterocycles. The summed E-state index contributed by atoms with van der Waals surface area (Å²) in [7, 11) is 3.51. The van der Waals surface area contributed by atoms with Crippen LogP contribution in [0.4, 0.5) is 5.82 Å². The molecule has 204 valence electrons. The second-order valence-corrected chi connectivity index (χ2v) is 10.6. The molecule has 2 fully saturated rings. The number of benzene rings is 1. The normalized spacial score (nSPS) is 16.7. The number of carbonyl (C=O) groups excluding carboxylic acids is 1. The SMILES string of the molecule is Cn1c(N2CCCNCC2)c(C(=O)N2CCCCC2)c2c1c(=O)n(Cc1nccc3ccccc13)c(=O)n2C. The predicted molar refractivity (Wildman–Crippen MR) is 153 cm³/mol. The summed E-state index contributed by atoms with van der Waals surface area (Å²) in [6.07, 6.45) is 5.66. The van der Waals surface area contributed by atoms with Gasteiger partial charge in [-0.15, -0.1) is 0 Å². The molecule has 0 spiro atoms. The average molecular weight is 530 g/mol. The first-order valence-corrected chi connectivity index (χ1v) is 13.9. The molecular weight excluding hydrogens is 494 g/mol. The number of rotatable bonds is 4. The fourth-order valence-corrected chi connectivity index (χ4v) is 6.20. The van der Waals surface area contributed by atoms with Crippen LogP contribution in [0.25, 0.3) is 21.8 Å². The van der Waals surface area contributed by atoms with Crippen molar-refractivity contribution in [2.24, 2.45) is 14.1 Å². The van der Waals surface area contributed by atoms with Crippen molar-refractivity contribution in [3.8, 4) is 0 Å². The van der Waals surface area contributed by atoms with Gasteiger partial charge in [-0.1, -0.05) is 24.3 Å². The number of hydrogen-bond donors (Lipinski definition) is 1. The molecule has 2 saturated heterocycles. The van der Waals surface area contributed by atoms with Gasteiger partial charge in [-0.2, -0.15) is 0 Å². The zero-order valence-electron chi connectivity index (χ0n) is 22.7. The highest BCUT2D eigenvalue weighted by molar-refractivity contribution is 6.11. The minimum atomic E-state index is -0.454. The molecule has 2 aliphatic rings. The van der Waals surface area contributed by atoms with Crippen molar-refractivity contribution in [1.29, 1.82) is 0 Å². The van der Waals surface area contributed by atoms with Crippen molar-refractivity contribution in [3.05, 3.63) is 68.6 Å². The summed E-state index contributed by atoms with van der Waals surface area (Å²) >= 11 is 0. The zero-order chi connectivity index (χ0) is 27.1. The molecule has 3 aromatic heterocycles. The molecule has 0 saturated carbocycles. The Balaban J connectivity index is 1.58. The third kappa shape index (κ3) is 4.32. The number of carbonyl (C=O) groups is 1. The number of likely N-dealkylation sites (tertiary alicyclic amines) is 1. The van der Waals surface area contributed by atoms with Gasteiger partial charge >= 0.3 is 5.69 Å². The number of amides is 1. The van der Waals surface area contributed by atoms with Crippen molar-refractivity contribution in [3.63, 3.8) is 0 Å². The van der Waals surface area contributed by atoms with Crippen LogP contribution in [0.2, 0.25) is 0 Å². The first-order chi connectivity index (χ1) is 19.0. The van der Waals surface area contributed by atoms with E-state index in [2.05, 4.69) is 15.2 Å².